The molecule has 0 radical (unpaired) electrons. The molecule has 1 aliphatic heterocycles. The molecule has 0 bridgehead atoms. The fourth-order valence-electron chi connectivity index (χ4n) is 2.21. The zero-order chi connectivity index (χ0) is 10.6. The van der Waals surface area contributed by atoms with Crippen LogP contribution in [0.15, 0.2) is 0 Å². The van der Waals surface area contributed by atoms with Crippen LogP contribution in [-0.4, -0.2) is 50.5 Å². The lowest BCUT2D eigenvalue weighted by atomic mass is 10.1. The first-order chi connectivity index (χ1) is 6.61. The molecule has 1 heterocycles. The molecule has 0 aliphatic carbocycles. The van der Waals surface area contributed by atoms with Gasteiger partial charge in [-0.25, -0.2) is 0 Å². The molecule has 1 aliphatic rings. The third kappa shape index (κ3) is 3.95. The maximum atomic E-state index is 5.68. The summed E-state index contributed by atoms with van der Waals surface area (Å²) in [5.41, 5.74) is 0. The predicted molar refractivity (Wildman–Crippen MR) is 57.5 cm³/mol. The van der Waals surface area contributed by atoms with Crippen molar-refractivity contribution in [3.8, 4) is 0 Å². The minimum absolute atomic E-state index is 0.369. The van der Waals surface area contributed by atoms with Crippen LogP contribution in [0.1, 0.15) is 20.8 Å². The summed E-state index contributed by atoms with van der Waals surface area (Å²) in [7, 11) is 1.76. The molecule has 0 spiro atoms. The molecule has 1 saturated heterocycles. The quantitative estimate of drug-likeness (QED) is 0.686. The standard InChI is InChI=1S/C11H23NO2/c1-9(8-13-4)5-12-6-10(2)14-11(3)7-12/h9-11H,5-8H2,1-4H3/t9-,10-,11+/m0/s1. The summed E-state index contributed by atoms with van der Waals surface area (Å²) in [6, 6.07) is 0. The van der Waals surface area contributed by atoms with Gasteiger partial charge in [-0.3, -0.25) is 4.90 Å². The number of ether oxygens (including phenoxy) is 2. The number of rotatable bonds is 4. The first-order valence-electron chi connectivity index (χ1n) is 5.48. The van der Waals surface area contributed by atoms with Crippen molar-refractivity contribution < 1.29 is 9.47 Å². The van der Waals surface area contributed by atoms with Gasteiger partial charge in [-0.1, -0.05) is 6.92 Å². The van der Waals surface area contributed by atoms with E-state index in [0.717, 1.165) is 26.2 Å². The first-order valence-corrected chi connectivity index (χ1v) is 5.48. The van der Waals surface area contributed by atoms with Gasteiger partial charge >= 0.3 is 0 Å². The highest BCUT2D eigenvalue weighted by Gasteiger charge is 2.22. The molecule has 0 amide bonds. The molecular weight excluding hydrogens is 178 g/mol. The molecule has 0 aromatic carbocycles. The summed E-state index contributed by atoms with van der Waals surface area (Å²) in [5, 5.41) is 0. The summed E-state index contributed by atoms with van der Waals surface area (Å²) in [5.74, 6) is 0.609. The van der Waals surface area contributed by atoms with Crippen molar-refractivity contribution in [1.82, 2.24) is 4.90 Å². The second-order valence-corrected chi connectivity index (χ2v) is 4.54. The summed E-state index contributed by atoms with van der Waals surface area (Å²) in [6.07, 6.45) is 0.738. The Balaban J connectivity index is 2.29. The average Bonchev–Trinajstić information content (AvgIpc) is 2.01. The number of nitrogens with zero attached hydrogens (tertiary/aromatic N) is 1. The minimum Gasteiger partial charge on any atom is -0.384 e. The molecule has 0 unspecified atom stereocenters. The van der Waals surface area contributed by atoms with E-state index in [-0.39, 0.29) is 0 Å². The maximum absolute atomic E-state index is 5.68. The second kappa shape index (κ2) is 5.69. The zero-order valence-corrected chi connectivity index (χ0v) is 9.82. The lowest BCUT2D eigenvalue weighted by Gasteiger charge is -2.36. The van der Waals surface area contributed by atoms with Crippen LogP contribution in [0, 0.1) is 5.92 Å². The summed E-state index contributed by atoms with van der Waals surface area (Å²) >= 11 is 0. The Labute approximate surface area is 87.4 Å². The molecule has 3 atom stereocenters. The molecular formula is C11H23NO2. The minimum atomic E-state index is 0.369. The Bertz CT molecular complexity index is 153. The van der Waals surface area contributed by atoms with E-state index in [9.17, 15) is 0 Å². The van der Waals surface area contributed by atoms with E-state index >= 15 is 0 Å². The van der Waals surface area contributed by atoms with Crippen LogP contribution < -0.4 is 0 Å². The lowest BCUT2D eigenvalue weighted by molar-refractivity contribution is -0.0727. The van der Waals surface area contributed by atoms with Crippen LogP contribution in [0.2, 0.25) is 0 Å². The lowest BCUT2D eigenvalue weighted by Crippen LogP contribution is -2.47. The predicted octanol–water partition coefficient (Wildman–Crippen LogP) is 1.38. The normalized spacial score (nSPS) is 31.7. The van der Waals surface area contributed by atoms with Gasteiger partial charge in [0.15, 0.2) is 0 Å². The van der Waals surface area contributed by atoms with E-state index < -0.39 is 0 Å². The molecule has 0 aromatic heterocycles. The Kier molecular flexibility index (Phi) is 4.85. The highest BCUT2D eigenvalue weighted by molar-refractivity contribution is 4.74. The molecule has 3 nitrogen and oxygen atoms in total. The molecule has 0 aromatic rings. The van der Waals surface area contributed by atoms with E-state index in [1.807, 2.05) is 0 Å². The average molecular weight is 201 g/mol. The van der Waals surface area contributed by atoms with Crippen molar-refractivity contribution in [2.75, 3.05) is 33.4 Å². The van der Waals surface area contributed by atoms with Gasteiger partial charge in [0, 0.05) is 33.4 Å². The second-order valence-electron chi connectivity index (χ2n) is 4.54. The largest absolute Gasteiger partial charge is 0.384 e. The Morgan fingerprint density at radius 1 is 1.36 bits per heavy atom. The third-order valence-electron chi connectivity index (χ3n) is 2.52. The van der Waals surface area contributed by atoms with E-state index in [1.54, 1.807) is 7.11 Å². The molecule has 14 heavy (non-hydrogen) atoms. The highest BCUT2D eigenvalue weighted by Crippen LogP contribution is 2.12. The Hall–Kier alpha value is -0.120. The van der Waals surface area contributed by atoms with Crippen LogP contribution in [0.4, 0.5) is 0 Å². The number of hydrogen-bond acceptors (Lipinski definition) is 3. The van der Waals surface area contributed by atoms with Crippen molar-refractivity contribution in [3.05, 3.63) is 0 Å². The van der Waals surface area contributed by atoms with E-state index in [4.69, 9.17) is 9.47 Å². The maximum Gasteiger partial charge on any atom is 0.0678 e. The summed E-state index contributed by atoms with van der Waals surface area (Å²) in [4.78, 5) is 2.47. The first kappa shape index (κ1) is 12.0. The fourth-order valence-corrected chi connectivity index (χ4v) is 2.21. The van der Waals surface area contributed by atoms with Crippen LogP contribution in [0.25, 0.3) is 0 Å². The van der Waals surface area contributed by atoms with Crippen molar-refractivity contribution in [3.63, 3.8) is 0 Å². The van der Waals surface area contributed by atoms with Crippen LogP contribution in [0.5, 0.6) is 0 Å². The molecule has 1 fully saturated rings. The Morgan fingerprint density at radius 3 is 2.43 bits per heavy atom. The molecule has 3 heteroatoms. The van der Waals surface area contributed by atoms with Gasteiger partial charge in [-0.2, -0.15) is 0 Å². The summed E-state index contributed by atoms with van der Waals surface area (Å²) in [6.45, 7) is 10.6. The van der Waals surface area contributed by atoms with Crippen molar-refractivity contribution >= 4 is 0 Å². The van der Waals surface area contributed by atoms with Gasteiger partial charge in [0.2, 0.25) is 0 Å². The van der Waals surface area contributed by atoms with Gasteiger partial charge in [0.25, 0.3) is 0 Å². The van der Waals surface area contributed by atoms with E-state index in [0.29, 0.717) is 18.1 Å². The van der Waals surface area contributed by atoms with Gasteiger partial charge in [0.1, 0.15) is 0 Å². The topological polar surface area (TPSA) is 21.7 Å². The van der Waals surface area contributed by atoms with E-state index in [1.165, 1.54) is 0 Å². The number of methoxy groups -OCH3 is 1. The summed E-state index contributed by atoms with van der Waals surface area (Å²) < 4.78 is 10.8. The molecule has 1 rings (SSSR count). The van der Waals surface area contributed by atoms with Crippen LogP contribution in [-0.2, 0) is 9.47 Å². The van der Waals surface area contributed by atoms with Crippen molar-refractivity contribution in [2.24, 2.45) is 5.92 Å². The van der Waals surface area contributed by atoms with Gasteiger partial charge in [0.05, 0.1) is 12.2 Å². The highest BCUT2D eigenvalue weighted by atomic mass is 16.5. The van der Waals surface area contributed by atoms with Gasteiger partial charge in [-0.05, 0) is 19.8 Å². The zero-order valence-electron chi connectivity index (χ0n) is 9.82. The van der Waals surface area contributed by atoms with Crippen molar-refractivity contribution in [2.45, 2.75) is 33.0 Å². The molecule has 84 valence electrons. The molecule has 0 saturated carbocycles. The van der Waals surface area contributed by atoms with Crippen LogP contribution in [0.3, 0.4) is 0 Å². The SMILES string of the molecule is COC[C@@H](C)CN1C[C@@H](C)O[C@@H](C)C1. The van der Waals surface area contributed by atoms with Crippen molar-refractivity contribution in [1.29, 1.82) is 0 Å². The van der Waals surface area contributed by atoms with Gasteiger partial charge in [-0.15, -0.1) is 0 Å². The molecule has 0 N–H and O–H groups in total. The number of morpholine rings is 1. The monoisotopic (exact) mass is 201 g/mol. The smallest absolute Gasteiger partial charge is 0.0678 e. The van der Waals surface area contributed by atoms with Gasteiger partial charge < -0.3 is 9.47 Å². The third-order valence-corrected chi connectivity index (χ3v) is 2.52. The van der Waals surface area contributed by atoms with Crippen LogP contribution >= 0.6 is 0 Å². The number of hydrogen-bond donors (Lipinski definition) is 0. The Morgan fingerprint density at radius 2 is 1.93 bits per heavy atom. The van der Waals surface area contributed by atoms with E-state index in [2.05, 4.69) is 25.7 Å². The fraction of sp³-hybridized carbons (Fsp3) is 1.00.